The number of rotatable bonds is 5. The Hall–Kier alpha value is -1.37. The van der Waals surface area contributed by atoms with E-state index in [4.69, 9.17) is 9.47 Å². The molecule has 0 bridgehead atoms. The minimum Gasteiger partial charge on any atom is -0.444 e. The molecule has 0 radical (unpaired) electrons. The lowest BCUT2D eigenvalue weighted by atomic mass is 10.1. The van der Waals surface area contributed by atoms with Crippen LogP contribution in [0.4, 0.5) is 9.18 Å². The smallest absolute Gasteiger partial charge is 0.410 e. The highest BCUT2D eigenvalue weighted by atomic mass is 19.1. The molecule has 24 heavy (non-hydrogen) atoms. The molecule has 0 aromatic carbocycles. The Kier molecular flexibility index (Phi) is 7.45. The van der Waals surface area contributed by atoms with Crippen LogP contribution < -0.4 is 0 Å². The van der Waals surface area contributed by atoms with Gasteiger partial charge in [-0.1, -0.05) is 0 Å². The lowest BCUT2D eigenvalue weighted by Crippen LogP contribution is -2.45. The van der Waals surface area contributed by atoms with Gasteiger partial charge in [-0.25, -0.2) is 9.18 Å². The summed E-state index contributed by atoms with van der Waals surface area (Å²) in [5, 5.41) is 0. The van der Waals surface area contributed by atoms with Crippen molar-refractivity contribution in [2.75, 3.05) is 39.9 Å². The quantitative estimate of drug-likeness (QED) is 0.718. The Morgan fingerprint density at radius 2 is 1.71 bits per heavy atom. The van der Waals surface area contributed by atoms with E-state index in [9.17, 15) is 14.0 Å². The molecule has 1 aliphatic heterocycles. The van der Waals surface area contributed by atoms with Crippen LogP contribution in [0.3, 0.4) is 0 Å². The van der Waals surface area contributed by atoms with Gasteiger partial charge in [-0.15, -0.1) is 0 Å². The van der Waals surface area contributed by atoms with E-state index in [1.807, 2.05) is 0 Å². The fourth-order valence-electron chi connectivity index (χ4n) is 2.62. The van der Waals surface area contributed by atoms with Crippen LogP contribution in [0.15, 0.2) is 0 Å². The lowest BCUT2D eigenvalue weighted by molar-refractivity contribution is -0.132. The van der Waals surface area contributed by atoms with Crippen LogP contribution in [-0.2, 0) is 14.3 Å². The lowest BCUT2D eigenvalue weighted by Gasteiger charge is -2.29. The number of unbranched alkanes of at least 4 members (excludes halogenated alkanes) is 1. The van der Waals surface area contributed by atoms with Gasteiger partial charge in [0.05, 0.1) is 13.1 Å². The first-order valence-electron chi connectivity index (χ1n) is 8.48. The van der Waals surface area contributed by atoms with E-state index >= 15 is 0 Å². The predicted octanol–water partition coefficient (Wildman–Crippen LogP) is 2.61. The first-order chi connectivity index (χ1) is 11.0. The fraction of sp³-hybridized carbons (Fsp3) is 0.882. The van der Waals surface area contributed by atoms with Gasteiger partial charge in [0, 0.05) is 33.2 Å². The molecule has 1 heterocycles. The van der Waals surface area contributed by atoms with Crippen LogP contribution in [0.5, 0.6) is 0 Å². The molecule has 140 valence electrons. The van der Waals surface area contributed by atoms with Crippen molar-refractivity contribution in [1.29, 1.82) is 0 Å². The van der Waals surface area contributed by atoms with Gasteiger partial charge in [-0.3, -0.25) is 4.79 Å². The Morgan fingerprint density at radius 3 is 2.29 bits per heavy atom. The highest BCUT2D eigenvalue weighted by Gasteiger charge is 2.37. The average molecular weight is 346 g/mol. The average Bonchev–Trinajstić information content (AvgIpc) is 2.60. The first kappa shape index (κ1) is 20.7. The molecule has 1 aliphatic rings. The van der Waals surface area contributed by atoms with E-state index in [1.54, 1.807) is 27.9 Å². The first-order valence-corrected chi connectivity index (χ1v) is 8.48. The summed E-state index contributed by atoms with van der Waals surface area (Å²) in [6.45, 7) is 7.86. The van der Waals surface area contributed by atoms with E-state index < -0.39 is 17.4 Å². The van der Waals surface area contributed by atoms with Crippen LogP contribution in [-0.4, -0.2) is 73.0 Å². The third-order valence-electron chi connectivity index (χ3n) is 3.67. The molecule has 0 saturated carbocycles. The number of amides is 2. The zero-order valence-electron chi connectivity index (χ0n) is 15.6. The Bertz CT molecular complexity index is 435. The summed E-state index contributed by atoms with van der Waals surface area (Å²) in [5.74, 6) is -0.0824. The monoisotopic (exact) mass is 346 g/mol. The van der Waals surface area contributed by atoms with Gasteiger partial charge in [0.1, 0.15) is 11.3 Å². The second kappa shape index (κ2) is 8.65. The number of carbonyl (C=O) groups excluding carboxylic acids is 2. The Morgan fingerprint density at radius 1 is 1.12 bits per heavy atom. The van der Waals surface area contributed by atoms with Crippen LogP contribution in [0.1, 0.15) is 47.0 Å². The number of methoxy groups -OCH3 is 1. The zero-order valence-corrected chi connectivity index (χ0v) is 15.6. The van der Waals surface area contributed by atoms with Crippen molar-refractivity contribution in [2.24, 2.45) is 0 Å². The summed E-state index contributed by atoms with van der Waals surface area (Å²) in [7, 11) is 1.62. The number of nitrogens with zero attached hydrogens (tertiary/aromatic N) is 2. The number of halogens is 1. The standard InChI is InChI=1S/C17H31FN2O4/c1-16(2,3)24-15(22)20-10-9-19(12-17(4,18)13-20)14(21)8-6-7-11-23-5/h6-13H2,1-5H3/t17-/m0/s1. The second-order valence-corrected chi connectivity index (χ2v) is 7.58. The molecule has 2 amide bonds. The maximum atomic E-state index is 14.8. The molecule has 6 nitrogen and oxygen atoms in total. The maximum absolute atomic E-state index is 14.8. The largest absolute Gasteiger partial charge is 0.444 e. The Labute approximate surface area is 144 Å². The molecule has 7 heteroatoms. The van der Waals surface area contributed by atoms with Gasteiger partial charge >= 0.3 is 6.09 Å². The van der Waals surface area contributed by atoms with Crippen LogP contribution in [0, 0.1) is 0 Å². The number of alkyl halides is 1. The molecule has 0 aromatic rings. The molecule has 0 N–H and O–H groups in total. The van der Waals surface area contributed by atoms with Gasteiger partial charge in [-0.2, -0.15) is 0 Å². The summed E-state index contributed by atoms with van der Waals surface area (Å²) in [4.78, 5) is 27.3. The van der Waals surface area contributed by atoms with E-state index in [0.29, 0.717) is 26.0 Å². The van der Waals surface area contributed by atoms with Gasteiger partial charge < -0.3 is 19.3 Å². The maximum Gasteiger partial charge on any atom is 0.410 e. The van der Waals surface area contributed by atoms with Gasteiger partial charge in [0.25, 0.3) is 0 Å². The van der Waals surface area contributed by atoms with Crippen molar-refractivity contribution in [3.63, 3.8) is 0 Å². The molecule has 0 unspecified atom stereocenters. The molecule has 0 aromatic heterocycles. The highest BCUT2D eigenvalue weighted by Crippen LogP contribution is 2.21. The third kappa shape index (κ3) is 7.47. The van der Waals surface area contributed by atoms with Crippen molar-refractivity contribution < 1.29 is 23.5 Å². The number of ether oxygens (including phenoxy) is 2. The highest BCUT2D eigenvalue weighted by molar-refractivity contribution is 5.76. The summed E-state index contributed by atoms with van der Waals surface area (Å²) < 4.78 is 25.0. The van der Waals surface area contributed by atoms with Crippen LogP contribution in [0.2, 0.25) is 0 Å². The molecule has 1 atom stereocenters. The van der Waals surface area contributed by atoms with Gasteiger partial charge in [0.2, 0.25) is 5.91 Å². The van der Waals surface area contributed by atoms with E-state index in [0.717, 1.165) is 6.42 Å². The molecule has 0 aliphatic carbocycles. The Balaban J connectivity index is 2.63. The third-order valence-corrected chi connectivity index (χ3v) is 3.67. The van der Waals surface area contributed by atoms with Crippen molar-refractivity contribution in [2.45, 2.75) is 58.2 Å². The molecule has 0 spiro atoms. The summed E-state index contributed by atoms with van der Waals surface area (Å²) in [6.07, 6.45) is 1.33. The minimum absolute atomic E-state index is 0.00455. The number of carbonyl (C=O) groups is 2. The van der Waals surface area contributed by atoms with Gasteiger partial charge in [-0.05, 0) is 40.5 Å². The topological polar surface area (TPSA) is 59.1 Å². The van der Waals surface area contributed by atoms with Crippen molar-refractivity contribution in [3.05, 3.63) is 0 Å². The normalized spacial score (nSPS) is 22.2. The van der Waals surface area contributed by atoms with E-state index in [1.165, 1.54) is 16.7 Å². The molecule has 1 rings (SSSR count). The molecule has 1 saturated heterocycles. The van der Waals surface area contributed by atoms with E-state index in [2.05, 4.69) is 0 Å². The summed E-state index contributed by atoms with van der Waals surface area (Å²) in [6, 6.07) is 0. The van der Waals surface area contributed by atoms with Gasteiger partial charge in [0.15, 0.2) is 0 Å². The molecular weight excluding hydrogens is 315 g/mol. The number of hydrogen-bond donors (Lipinski definition) is 0. The molecule has 1 fully saturated rings. The van der Waals surface area contributed by atoms with Crippen molar-refractivity contribution in [1.82, 2.24) is 9.80 Å². The SMILES string of the molecule is COCCCCC(=O)N1CCN(C(=O)OC(C)(C)C)C[C@@](C)(F)C1. The van der Waals surface area contributed by atoms with Crippen LogP contribution in [0.25, 0.3) is 0 Å². The summed E-state index contributed by atoms with van der Waals surface area (Å²) in [5.41, 5.74) is -2.29. The minimum atomic E-state index is -1.66. The van der Waals surface area contributed by atoms with Crippen molar-refractivity contribution in [3.8, 4) is 0 Å². The van der Waals surface area contributed by atoms with E-state index in [-0.39, 0.29) is 25.5 Å². The van der Waals surface area contributed by atoms with Crippen molar-refractivity contribution >= 4 is 12.0 Å². The van der Waals surface area contributed by atoms with Crippen LogP contribution >= 0.6 is 0 Å². The second-order valence-electron chi connectivity index (χ2n) is 7.58. The molecular formula is C17H31FN2O4. The zero-order chi connectivity index (χ0) is 18.4. The fourth-order valence-corrected chi connectivity index (χ4v) is 2.62. The summed E-state index contributed by atoms with van der Waals surface area (Å²) >= 11 is 0. The number of hydrogen-bond acceptors (Lipinski definition) is 4. The predicted molar refractivity (Wildman–Crippen MR) is 89.6 cm³/mol.